The van der Waals surface area contributed by atoms with Gasteiger partial charge in [0.1, 0.15) is 25.4 Å². The molecule has 0 aliphatic carbocycles. The number of ether oxygens (including phenoxy) is 1. The fourth-order valence-electron chi connectivity index (χ4n) is 3.47. The molecule has 0 bridgehead atoms. The Morgan fingerprint density at radius 1 is 1.03 bits per heavy atom. The number of amides is 1. The smallest absolute Gasteiger partial charge is 0.291 e. The molecule has 1 saturated heterocycles. The van der Waals surface area contributed by atoms with Gasteiger partial charge in [-0.3, -0.25) is 14.9 Å². The van der Waals surface area contributed by atoms with Crippen LogP contribution in [0, 0.1) is 10.1 Å². The molecule has 2 aromatic carbocycles. The lowest BCUT2D eigenvalue weighted by molar-refractivity contribution is -0.921. The van der Waals surface area contributed by atoms with E-state index in [0.717, 1.165) is 32.8 Å². The Kier molecular flexibility index (Phi) is 5.87. The molecule has 2 heterocycles. The van der Waals surface area contributed by atoms with Crippen LogP contribution in [0.25, 0.3) is 11.3 Å². The second kappa shape index (κ2) is 8.89. The highest BCUT2D eigenvalue weighted by molar-refractivity contribution is 6.02. The average molecular weight is 408 g/mol. The van der Waals surface area contributed by atoms with Gasteiger partial charge >= 0.3 is 0 Å². The highest BCUT2D eigenvalue weighted by Crippen LogP contribution is 2.31. The first-order valence-electron chi connectivity index (χ1n) is 9.75. The van der Waals surface area contributed by atoms with Crippen molar-refractivity contribution >= 4 is 17.3 Å². The van der Waals surface area contributed by atoms with E-state index in [4.69, 9.17) is 9.15 Å². The van der Waals surface area contributed by atoms with Gasteiger partial charge in [-0.05, 0) is 30.3 Å². The molecule has 1 fully saturated rings. The largest absolute Gasteiger partial charge is 0.451 e. The van der Waals surface area contributed by atoms with Gasteiger partial charge in [-0.25, -0.2) is 0 Å². The van der Waals surface area contributed by atoms with E-state index in [1.54, 1.807) is 24.3 Å². The Bertz CT molecular complexity index is 1040. The fourth-order valence-corrected chi connectivity index (χ4v) is 3.47. The molecular weight excluding hydrogens is 386 g/mol. The minimum atomic E-state index is -0.474. The molecule has 8 nitrogen and oxygen atoms in total. The van der Waals surface area contributed by atoms with Crippen molar-refractivity contribution in [2.75, 3.05) is 31.6 Å². The molecule has 8 heteroatoms. The number of nitrogens with zero attached hydrogens (tertiary/aromatic N) is 1. The van der Waals surface area contributed by atoms with E-state index in [1.165, 1.54) is 22.6 Å². The van der Waals surface area contributed by atoms with Crippen molar-refractivity contribution in [1.29, 1.82) is 0 Å². The maximum absolute atomic E-state index is 12.5. The van der Waals surface area contributed by atoms with Gasteiger partial charge in [0.2, 0.25) is 0 Å². The number of carbonyl (C=O) groups is 1. The first kappa shape index (κ1) is 19.8. The number of benzene rings is 2. The lowest BCUT2D eigenvalue weighted by Crippen LogP contribution is -3.12. The van der Waals surface area contributed by atoms with Gasteiger partial charge in [-0.1, -0.05) is 24.3 Å². The molecule has 0 atom stereocenters. The molecule has 1 amide bonds. The third-order valence-corrected chi connectivity index (χ3v) is 5.06. The van der Waals surface area contributed by atoms with E-state index in [9.17, 15) is 14.9 Å². The van der Waals surface area contributed by atoms with E-state index < -0.39 is 10.8 Å². The van der Waals surface area contributed by atoms with Crippen LogP contribution in [-0.4, -0.2) is 37.1 Å². The van der Waals surface area contributed by atoms with Crippen LogP contribution in [0.2, 0.25) is 0 Å². The van der Waals surface area contributed by atoms with Crippen LogP contribution in [0.1, 0.15) is 16.1 Å². The number of anilines is 1. The summed E-state index contributed by atoms with van der Waals surface area (Å²) in [7, 11) is 0. The standard InChI is InChI=1S/C22H21N3O5/c26-22(21-10-9-20(30-21)18-3-1-2-4-19(18)25(27)28)23-17-7-5-16(6-8-17)15-24-11-13-29-14-12-24/h1-10H,11-15H2,(H,23,26)/p+1. The number of quaternary nitrogens is 1. The molecule has 2 N–H and O–H groups in total. The van der Waals surface area contributed by atoms with E-state index in [-0.39, 0.29) is 17.2 Å². The maximum Gasteiger partial charge on any atom is 0.291 e. The zero-order valence-corrected chi connectivity index (χ0v) is 16.3. The van der Waals surface area contributed by atoms with E-state index >= 15 is 0 Å². The molecule has 1 aromatic heterocycles. The monoisotopic (exact) mass is 408 g/mol. The molecule has 0 unspecified atom stereocenters. The van der Waals surface area contributed by atoms with Crippen LogP contribution in [0.4, 0.5) is 11.4 Å². The molecule has 1 aliphatic rings. The number of nitro groups is 1. The Hall–Kier alpha value is -3.49. The minimum Gasteiger partial charge on any atom is -0.451 e. The maximum atomic E-state index is 12.5. The molecule has 0 radical (unpaired) electrons. The van der Waals surface area contributed by atoms with Crippen LogP contribution in [0.3, 0.4) is 0 Å². The molecule has 30 heavy (non-hydrogen) atoms. The number of furan rings is 1. The van der Waals surface area contributed by atoms with Crippen molar-refractivity contribution in [3.05, 3.63) is 82.1 Å². The SMILES string of the molecule is O=C(Nc1ccc(C[NH+]2CCOCC2)cc1)c1ccc(-c2ccccc2[N+](=O)[O-])o1. The number of rotatable bonds is 6. The summed E-state index contributed by atoms with van der Waals surface area (Å²) in [5, 5.41) is 14.0. The van der Waals surface area contributed by atoms with E-state index in [1.807, 2.05) is 24.3 Å². The molecule has 154 valence electrons. The van der Waals surface area contributed by atoms with Gasteiger partial charge in [0, 0.05) is 17.3 Å². The average Bonchev–Trinajstić information content (AvgIpc) is 3.26. The Labute approximate surface area is 173 Å². The molecular formula is C22H22N3O5+. The molecule has 1 aliphatic heterocycles. The van der Waals surface area contributed by atoms with E-state index in [2.05, 4.69) is 5.32 Å². The number of nitrogens with one attached hydrogen (secondary N) is 2. The zero-order valence-electron chi connectivity index (χ0n) is 16.3. The van der Waals surface area contributed by atoms with Crippen LogP contribution in [-0.2, 0) is 11.3 Å². The third-order valence-electron chi connectivity index (χ3n) is 5.06. The van der Waals surface area contributed by atoms with Gasteiger partial charge in [-0.15, -0.1) is 0 Å². The number of hydrogen-bond donors (Lipinski definition) is 2. The second-order valence-electron chi connectivity index (χ2n) is 7.13. The summed E-state index contributed by atoms with van der Waals surface area (Å²) < 4.78 is 11.0. The predicted molar refractivity (Wildman–Crippen MR) is 110 cm³/mol. The normalized spacial score (nSPS) is 14.4. The van der Waals surface area contributed by atoms with Crippen LogP contribution in [0.15, 0.2) is 65.1 Å². The number of carbonyl (C=O) groups excluding carboxylic acids is 1. The Morgan fingerprint density at radius 2 is 1.77 bits per heavy atom. The number of nitro benzene ring substituents is 1. The summed E-state index contributed by atoms with van der Waals surface area (Å²) in [6.45, 7) is 4.51. The van der Waals surface area contributed by atoms with Gasteiger partial charge in [0.15, 0.2) is 5.76 Å². The Balaban J connectivity index is 1.42. The van der Waals surface area contributed by atoms with Crippen LogP contribution in [0.5, 0.6) is 0 Å². The van der Waals surface area contributed by atoms with Gasteiger partial charge in [0.25, 0.3) is 11.6 Å². The highest BCUT2D eigenvalue weighted by Gasteiger charge is 2.19. The van der Waals surface area contributed by atoms with Crippen LogP contribution >= 0.6 is 0 Å². The predicted octanol–water partition coefficient (Wildman–Crippen LogP) is 2.52. The zero-order chi connectivity index (χ0) is 20.9. The van der Waals surface area contributed by atoms with Crippen molar-refractivity contribution < 1.29 is 23.8 Å². The molecule has 4 rings (SSSR count). The number of para-hydroxylation sites is 1. The fraction of sp³-hybridized carbons (Fsp3) is 0.227. The van der Waals surface area contributed by atoms with Crippen LogP contribution < -0.4 is 10.2 Å². The lowest BCUT2D eigenvalue weighted by Gasteiger charge is -2.23. The topological polar surface area (TPSA) is 99.0 Å². The van der Waals surface area contributed by atoms with Crippen molar-refractivity contribution in [3.63, 3.8) is 0 Å². The summed E-state index contributed by atoms with van der Waals surface area (Å²) >= 11 is 0. The van der Waals surface area contributed by atoms with Crippen molar-refractivity contribution in [1.82, 2.24) is 0 Å². The summed E-state index contributed by atoms with van der Waals surface area (Å²) in [4.78, 5) is 24.7. The Morgan fingerprint density at radius 3 is 2.50 bits per heavy atom. The lowest BCUT2D eigenvalue weighted by atomic mass is 10.1. The van der Waals surface area contributed by atoms with E-state index in [0.29, 0.717) is 11.3 Å². The number of hydrogen-bond acceptors (Lipinski definition) is 5. The molecule has 0 spiro atoms. The number of morpholine rings is 1. The van der Waals surface area contributed by atoms with Crippen molar-refractivity contribution in [3.8, 4) is 11.3 Å². The second-order valence-corrected chi connectivity index (χ2v) is 7.13. The molecule has 0 saturated carbocycles. The summed E-state index contributed by atoms with van der Waals surface area (Å²) in [6, 6.07) is 17.1. The quantitative estimate of drug-likeness (QED) is 0.482. The third kappa shape index (κ3) is 4.56. The summed E-state index contributed by atoms with van der Waals surface area (Å²) in [6.07, 6.45) is 0. The van der Waals surface area contributed by atoms with Gasteiger partial charge < -0.3 is 19.4 Å². The van der Waals surface area contributed by atoms with Crippen molar-refractivity contribution in [2.45, 2.75) is 6.54 Å². The highest BCUT2D eigenvalue weighted by atomic mass is 16.6. The summed E-state index contributed by atoms with van der Waals surface area (Å²) in [5.74, 6) is -0.0485. The van der Waals surface area contributed by atoms with Gasteiger partial charge in [-0.2, -0.15) is 0 Å². The minimum absolute atomic E-state index is 0.0724. The first-order chi connectivity index (χ1) is 14.6. The first-order valence-corrected chi connectivity index (χ1v) is 9.75. The van der Waals surface area contributed by atoms with Crippen molar-refractivity contribution in [2.24, 2.45) is 0 Å². The van der Waals surface area contributed by atoms with Gasteiger partial charge in [0.05, 0.1) is 23.7 Å². The molecule has 3 aromatic rings. The summed E-state index contributed by atoms with van der Waals surface area (Å²) in [5.41, 5.74) is 2.11.